The first-order valence-corrected chi connectivity index (χ1v) is 7.10. The fourth-order valence-electron chi connectivity index (χ4n) is 1.87. The molecule has 0 bridgehead atoms. The summed E-state index contributed by atoms with van der Waals surface area (Å²) < 4.78 is 10.2. The lowest BCUT2D eigenvalue weighted by molar-refractivity contribution is -0.143. The SMILES string of the molecule is COC(=O)C(CC(C)C)NCC(O)COCC1CC1. The zero-order chi connectivity index (χ0) is 14.3. The average Bonchev–Trinajstić information content (AvgIpc) is 3.17. The van der Waals surface area contributed by atoms with Crippen molar-refractivity contribution in [2.24, 2.45) is 11.8 Å². The predicted molar refractivity (Wildman–Crippen MR) is 72.8 cm³/mol. The molecule has 1 aliphatic rings. The maximum Gasteiger partial charge on any atom is 0.322 e. The second kappa shape index (κ2) is 8.51. The quantitative estimate of drug-likeness (QED) is 0.580. The Labute approximate surface area is 115 Å². The fourth-order valence-corrected chi connectivity index (χ4v) is 1.87. The topological polar surface area (TPSA) is 67.8 Å². The summed E-state index contributed by atoms with van der Waals surface area (Å²) in [6, 6.07) is -0.358. The number of carbonyl (C=O) groups is 1. The van der Waals surface area contributed by atoms with Crippen molar-refractivity contribution in [2.45, 2.75) is 45.3 Å². The number of aliphatic hydroxyl groups is 1. The van der Waals surface area contributed by atoms with E-state index < -0.39 is 6.10 Å². The van der Waals surface area contributed by atoms with E-state index in [4.69, 9.17) is 9.47 Å². The molecule has 1 saturated carbocycles. The third-order valence-corrected chi connectivity index (χ3v) is 3.15. The van der Waals surface area contributed by atoms with Gasteiger partial charge >= 0.3 is 5.97 Å². The van der Waals surface area contributed by atoms with Gasteiger partial charge in [-0.1, -0.05) is 13.8 Å². The Bertz CT molecular complexity index is 266. The van der Waals surface area contributed by atoms with Crippen LogP contribution in [0.1, 0.15) is 33.1 Å². The van der Waals surface area contributed by atoms with E-state index >= 15 is 0 Å². The van der Waals surface area contributed by atoms with Gasteiger partial charge in [-0.05, 0) is 31.1 Å². The van der Waals surface area contributed by atoms with Crippen LogP contribution >= 0.6 is 0 Å². The molecule has 1 aliphatic carbocycles. The molecule has 0 aromatic carbocycles. The summed E-state index contributed by atoms with van der Waals surface area (Å²) in [6.45, 7) is 5.50. The molecule has 0 aromatic heterocycles. The van der Waals surface area contributed by atoms with Gasteiger partial charge in [0.05, 0.1) is 19.8 Å². The first-order chi connectivity index (χ1) is 9.02. The Kier molecular flexibility index (Phi) is 7.34. The van der Waals surface area contributed by atoms with Crippen LogP contribution in [0.15, 0.2) is 0 Å². The van der Waals surface area contributed by atoms with E-state index in [2.05, 4.69) is 5.32 Å². The van der Waals surface area contributed by atoms with Gasteiger partial charge < -0.3 is 19.9 Å². The van der Waals surface area contributed by atoms with E-state index in [1.807, 2.05) is 13.8 Å². The highest BCUT2D eigenvalue weighted by molar-refractivity contribution is 5.75. The van der Waals surface area contributed by atoms with E-state index in [-0.39, 0.29) is 12.0 Å². The van der Waals surface area contributed by atoms with E-state index in [1.165, 1.54) is 20.0 Å². The van der Waals surface area contributed by atoms with Crippen LogP contribution in [0, 0.1) is 11.8 Å². The zero-order valence-electron chi connectivity index (χ0n) is 12.2. The minimum Gasteiger partial charge on any atom is -0.468 e. The minimum absolute atomic E-state index is 0.278. The van der Waals surface area contributed by atoms with Crippen molar-refractivity contribution in [3.63, 3.8) is 0 Å². The first kappa shape index (κ1) is 16.4. The normalized spacial score (nSPS) is 18.4. The van der Waals surface area contributed by atoms with Crippen LogP contribution in [0.25, 0.3) is 0 Å². The van der Waals surface area contributed by atoms with Gasteiger partial charge in [-0.2, -0.15) is 0 Å². The molecule has 1 fully saturated rings. The number of hydrogen-bond acceptors (Lipinski definition) is 5. The lowest BCUT2D eigenvalue weighted by Gasteiger charge is -2.20. The number of carbonyl (C=O) groups excluding carboxylic acids is 1. The molecule has 5 nitrogen and oxygen atoms in total. The zero-order valence-corrected chi connectivity index (χ0v) is 12.2. The minimum atomic E-state index is -0.585. The molecule has 19 heavy (non-hydrogen) atoms. The van der Waals surface area contributed by atoms with Crippen LogP contribution < -0.4 is 5.32 Å². The van der Waals surface area contributed by atoms with Crippen LogP contribution in [-0.4, -0.2) is 50.1 Å². The van der Waals surface area contributed by atoms with Crippen molar-refractivity contribution < 1.29 is 19.4 Å². The molecule has 0 aliphatic heterocycles. The summed E-state index contributed by atoms with van der Waals surface area (Å²) in [6.07, 6.45) is 2.60. The standard InChI is InChI=1S/C14H27NO4/c1-10(2)6-13(14(17)18-3)15-7-12(16)9-19-8-11-4-5-11/h10-13,15-16H,4-9H2,1-3H3. The van der Waals surface area contributed by atoms with E-state index in [9.17, 15) is 9.90 Å². The molecule has 0 saturated heterocycles. The van der Waals surface area contributed by atoms with Gasteiger partial charge in [-0.15, -0.1) is 0 Å². The highest BCUT2D eigenvalue weighted by Crippen LogP contribution is 2.28. The summed E-state index contributed by atoms with van der Waals surface area (Å²) in [7, 11) is 1.38. The summed E-state index contributed by atoms with van der Waals surface area (Å²) >= 11 is 0. The van der Waals surface area contributed by atoms with Gasteiger partial charge in [0.2, 0.25) is 0 Å². The van der Waals surface area contributed by atoms with Crippen LogP contribution in [-0.2, 0) is 14.3 Å². The van der Waals surface area contributed by atoms with Crippen molar-refractivity contribution in [3.05, 3.63) is 0 Å². The number of methoxy groups -OCH3 is 1. The van der Waals surface area contributed by atoms with Crippen LogP contribution in [0.3, 0.4) is 0 Å². The fraction of sp³-hybridized carbons (Fsp3) is 0.929. The molecule has 0 radical (unpaired) electrons. The highest BCUT2D eigenvalue weighted by atomic mass is 16.5. The molecule has 1 rings (SSSR count). The van der Waals surface area contributed by atoms with E-state index in [1.54, 1.807) is 0 Å². The molecule has 2 unspecified atom stereocenters. The Morgan fingerprint density at radius 3 is 2.63 bits per heavy atom. The molecular weight excluding hydrogens is 246 g/mol. The second-order valence-electron chi connectivity index (χ2n) is 5.75. The number of rotatable bonds is 10. The first-order valence-electron chi connectivity index (χ1n) is 7.10. The summed E-state index contributed by atoms with van der Waals surface area (Å²) in [4.78, 5) is 11.6. The second-order valence-corrected chi connectivity index (χ2v) is 5.75. The number of hydrogen-bond donors (Lipinski definition) is 2. The Hall–Kier alpha value is -0.650. The summed E-state index contributed by atoms with van der Waals surface area (Å²) in [5.41, 5.74) is 0. The van der Waals surface area contributed by atoms with E-state index in [0.717, 1.165) is 6.61 Å². The Balaban J connectivity index is 2.18. The van der Waals surface area contributed by atoms with Gasteiger partial charge in [-0.25, -0.2) is 0 Å². The van der Waals surface area contributed by atoms with Crippen molar-refractivity contribution in [1.29, 1.82) is 0 Å². The van der Waals surface area contributed by atoms with Crippen molar-refractivity contribution in [2.75, 3.05) is 26.9 Å². The van der Waals surface area contributed by atoms with Gasteiger partial charge in [0, 0.05) is 13.2 Å². The number of aliphatic hydroxyl groups excluding tert-OH is 1. The van der Waals surface area contributed by atoms with Gasteiger partial charge in [-0.3, -0.25) is 4.79 Å². The molecular formula is C14H27NO4. The van der Waals surface area contributed by atoms with Crippen molar-refractivity contribution >= 4 is 5.97 Å². The molecule has 0 heterocycles. The van der Waals surface area contributed by atoms with Gasteiger partial charge in [0.25, 0.3) is 0 Å². The molecule has 0 aromatic rings. The van der Waals surface area contributed by atoms with Crippen LogP contribution in [0.2, 0.25) is 0 Å². The largest absolute Gasteiger partial charge is 0.468 e. The highest BCUT2D eigenvalue weighted by Gasteiger charge is 2.23. The molecule has 2 N–H and O–H groups in total. The number of nitrogens with one attached hydrogen (secondary N) is 1. The smallest absolute Gasteiger partial charge is 0.322 e. The van der Waals surface area contributed by atoms with Crippen LogP contribution in [0.4, 0.5) is 0 Å². The molecule has 0 amide bonds. The van der Waals surface area contributed by atoms with Crippen molar-refractivity contribution in [3.8, 4) is 0 Å². The maximum absolute atomic E-state index is 11.6. The lowest BCUT2D eigenvalue weighted by atomic mass is 10.0. The summed E-state index contributed by atoms with van der Waals surface area (Å²) in [5, 5.41) is 12.8. The number of ether oxygens (including phenoxy) is 2. The monoisotopic (exact) mass is 273 g/mol. The molecule has 5 heteroatoms. The van der Waals surface area contributed by atoms with Crippen LogP contribution in [0.5, 0.6) is 0 Å². The Morgan fingerprint density at radius 2 is 2.11 bits per heavy atom. The third kappa shape index (κ3) is 7.50. The molecule has 112 valence electrons. The third-order valence-electron chi connectivity index (χ3n) is 3.15. The molecule has 0 spiro atoms. The average molecular weight is 273 g/mol. The number of esters is 1. The van der Waals surface area contributed by atoms with E-state index in [0.29, 0.717) is 31.4 Å². The lowest BCUT2D eigenvalue weighted by Crippen LogP contribution is -2.43. The van der Waals surface area contributed by atoms with Crippen molar-refractivity contribution in [1.82, 2.24) is 5.32 Å². The maximum atomic E-state index is 11.6. The predicted octanol–water partition coefficient (Wildman–Crippen LogP) is 0.951. The Morgan fingerprint density at radius 1 is 1.42 bits per heavy atom. The van der Waals surface area contributed by atoms with Gasteiger partial charge in [0.1, 0.15) is 6.04 Å². The van der Waals surface area contributed by atoms with Gasteiger partial charge in [0.15, 0.2) is 0 Å². The summed E-state index contributed by atoms with van der Waals surface area (Å²) in [5.74, 6) is 0.809. The molecule has 2 atom stereocenters.